The molecule has 1 rings (SSSR count). The molecule has 0 saturated heterocycles. The van der Waals surface area contributed by atoms with Crippen LogP contribution in [-0.4, -0.2) is 11.3 Å². The summed E-state index contributed by atoms with van der Waals surface area (Å²) < 4.78 is 0. The number of hydrogen-bond acceptors (Lipinski definition) is 2. The van der Waals surface area contributed by atoms with Gasteiger partial charge in [0.25, 0.3) is 0 Å². The highest BCUT2D eigenvalue weighted by Crippen LogP contribution is 2.14. The number of nitrogens with one attached hydrogen (secondary N) is 1. The Morgan fingerprint density at radius 1 is 1.50 bits per heavy atom. The first-order valence-electron chi connectivity index (χ1n) is 3.12. The summed E-state index contributed by atoms with van der Waals surface area (Å²) in [6.45, 7) is 0. The number of halogens is 2. The summed E-state index contributed by atoms with van der Waals surface area (Å²) in [6.07, 6.45) is 1.88. The second-order valence-corrected chi connectivity index (χ2v) is 3.30. The SMILES string of the molecule is CSC(=N)c1cccc(Cl)c1.I. The van der Waals surface area contributed by atoms with Crippen LogP contribution in [0.5, 0.6) is 0 Å². The lowest BCUT2D eigenvalue weighted by molar-refractivity contribution is 1.53. The molecule has 0 unspecified atom stereocenters. The zero-order valence-corrected chi connectivity index (χ0v) is 10.4. The molecule has 0 spiro atoms. The molecule has 0 atom stereocenters. The van der Waals surface area contributed by atoms with Crippen LogP contribution in [0.4, 0.5) is 0 Å². The largest absolute Gasteiger partial charge is 0.293 e. The van der Waals surface area contributed by atoms with Gasteiger partial charge in [-0.1, -0.05) is 23.7 Å². The Morgan fingerprint density at radius 2 is 2.17 bits per heavy atom. The van der Waals surface area contributed by atoms with E-state index in [1.165, 1.54) is 11.8 Å². The van der Waals surface area contributed by atoms with Crippen LogP contribution < -0.4 is 0 Å². The molecule has 1 aromatic carbocycles. The number of thioether (sulfide) groups is 1. The Labute approximate surface area is 98.4 Å². The van der Waals surface area contributed by atoms with Gasteiger partial charge in [0, 0.05) is 10.6 Å². The minimum atomic E-state index is 0. The van der Waals surface area contributed by atoms with Gasteiger partial charge in [-0.05, 0) is 18.4 Å². The second-order valence-electron chi connectivity index (χ2n) is 2.04. The molecule has 0 aliphatic rings. The molecular weight excluding hydrogens is 305 g/mol. The third-order valence-electron chi connectivity index (χ3n) is 1.29. The smallest absolute Gasteiger partial charge is 0.0940 e. The standard InChI is InChI=1S/C8H8ClNS.HI/c1-11-8(10)6-3-2-4-7(9)5-6;/h2-5,10H,1H3;1H. The van der Waals surface area contributed by atoms with Gasteiger partial charge in [0.1, 0.15) is 0 Å². The van der Waals surface area contributed by atoms with E-state index in [0.717, 1.165) is 5.56 Å². The molecule has 0 saturated carbocycles. The van der Waals surface area contributed by atoms with Crippen molar-refractivity contribution in [3.63, 3.8) is 0 Å². The first-order valence-corrected chi connectivity index (χ1v) is 4.73. The topological polar surface area (TPSA) is 23.9 Å². The van der Waals surface area contributed by atoms with Gasteiger partial charge in [0.05, 0.1) is 5.04 Å². The van der Waals surface area contributed by atoms with Crippen LogP contribution in [0.3, 0.4) is 0 Å². The molecule has 1 aromatic rings. The van der Waals surface area contributed by atoms with Crippen LogP contribution in [0.1, 0.15) is 5.56 Å². The number of benzene rings is 1. The highest BCUT2D eigenvalue weighted by molar-refractivity contribution is 14.0. The van der Waals surface area contributed by atoms with Crippen LogP contribution in [-0.2, 0) is 0 Å². The summed E-state index contributed by atoms with van der Waals surface area (Å²) in [4.78, 5) is 0. The monoisotopic (exact) mass is 313 g/mol. The molecule has 66 valence electrons. The van der Waals surface area contributed by atoms with Gasteiger partial charge in [-0.25, -0.2) is 0 Å². The summed E-state index contributed by atoms with van der Waals surface area (Å²) in [5, 5.41) is 8.71. The number of hydrogen-bond donors (Lipinski definition) is 1. The molecule has 1 N–H and O–H groups in total. The molecule has 0 aliphatic carbocycles. The van der Waals surface area contributed by atoms with Crippen LogP contribution in [0.15, 0.2) is 24.3 Å². The maximum absolute atomic E-state index is 7.48. The third-order valence-corrected chi connectivity index (χ3v) is 2.17. The molecule has 4 heteroatoms. The normalized spacial score (nSPS) is 8.83. The van der Waals surface area contributed by atoms with E-state index in [2.05, 4.69) is 0 Å². The molecule has 0 bridgehead atoms. The predicted octanol–water partition coefficient (Wildman–Crippen LogP) is 3.65. The van der Waals surface area contributed by atoms with Crippen LogP contribution in [0, 0.1) is 5.41 Å². The Hall–Kier alpha value is 0.260. The van der Waals surface area contributed by atoms with E-state index in [9.17, 15) is 0 Å². The van der Waals surface area contributed by atoms with Crippen molar-refractivity contribution >= 4 is 52.4 Å². The highest BCUT2D eigenvalue weighted by atomic mass is 127. The first kappa shape index (κ1) is 12.3. The van der Waals surface area contributed by atoms with Crippen LogP contribution >= 0.6 is 47.3 Å². The fourth-order valence-corrected chi connectivity index (χ4v) is 1.30. The molecule has 0 aliphatic heterocycles. The van der Waals surface area contributed by atoms with Crippen molar-refractivity contribution in [2.24, 2.45) is 0 Å². The average Bonchev–Trinajstić information content (AvgIpc) is 2.03. The van der Waals surface area contributed by atoms with Gasteiger partial charge in [-0.3, -0.25) is 5.41 Å². The summed E-state index contributed by atoms with van der Waals surface area (Å²) in [7, 11) is 0. The molecule has 12 heavy (non-hydrogen) atoms. The van der Waals surface area contributed by atoms with Gasteiger partial charge in [0.15, 0.2) is 0 Å². The van der Waals surface area contributed by atoms with Crippen molar-refractivity contribution < 1.29 is 0 Å². The van der Waals surface area contributed by atoms with Gasteiger partial charge >= 0.3 is 0 Å². The zero-order valence-electron chi connectivity index (χ0n) is 6.50. The van der Waals surface area contributed by atoms with E-state index in [4.69, 9.17) is 17.0 Å². The molecule has 0 aromatic heterocycles. The fraction of sp³-hybridized carbons (Fsp3) is 0.125. The Kier molecular flexibility index (Phi) is 5.96. The summed E-state index contributed by atoms with van der Waals surface area (Å²) in [5.41, 5.74) is 0.880. The molecule has 0 amide bonds. The van der Waals surface area contributed by atoms with E-state index in [-0.39, 0.29) is 24.0 Å². The van der Waals surface area contributed by atoms with E-state index in [1.807, 2.05) is 18.4 Å². The Balaban J connectivity index is 0.00000121. The maximum Gasteiger partial charge on any atom is 0.0940 e. The molecular formula is C8H9ClINS. The molecule has 0 fully saturated rings. The van der Waals surface area contributed by atoms with E-state index in [0.29, 0.717) is 10.1 Å². The van der Waals surface area contributed by atoms with Crippen molar-refractivity contribution in [3.8, 4) is 0 Å². The fourth-order valence-electron chi connectivity index (χ4n) is 0.748. The summed E-state index contributed by atoms with van der Waals surface area (Å²) in [6, 6.07) is 7.33. The third kappa shape index (κ3) is 3.33. The highest BCUT2D eigenvalue weighted by Gasteiger charge is 1.98. The van der Waals surface area contributed by atoms with E-state index < -0.39 is 0 Å². The van der Waals surface area contributed by atoms with Crippen molar-refractivity contribution in [3.05, 3.63) is 34.9 Å². The van der Waals surface area contributed by atoms with Gasteiger partial charge in [0.2, 0.25) is 0 Å². The lowest BCUT2D eigenvalue weighted by Crippen LogP contribution is -1.90. The van der Waals surface area contributed by atoms with Crippen molar-refractivity contribution in [1.29, 1.82) is 5.41 Å². The first-order chi connectivity index (χ1) is 5.24. The van der Waals surface area contributed by atoms with Crippen LogP contribution in [0.2, 0.25) is 5.02 Å². The minimum absolute atomic E-state index is 0. The second kappa shape index (κ2) is 5.83. The van der Waals surface area contributed by atoms with Gasteiger partial charge in [-0.2, -0.15) is 0 Å². The van der Waals surface area contributed by atoms with Crippen molar-refractivity contribution in [2.75, 3.05) is 6.26 Å². The quantitative estimate of drug-likeness (QED) is 0.477. The van der Waals surface area contributed by atoms with E-state index in [1.54, 1.807) is 12.1 Å². The van der Waals surface area contributed by atoms with Gasteiger partial charge in [-0.15, -0.1) is 35.7 Å². The summed E-state index contributed by atoms with van der Waals surface area (Å²) >= 11 is 7.15. The lowest BCUT2D eigenvalue weighted by Gasteiger charge is -1.99. The zero-order chi connectivity index (χ0) is 8.27. The van der Waals surface area contributed by atoms with Crippen LogP contribution in [0.25, 0.3) is 0 Å². The molecule has 0 heterocycles. The van der Waals surface area contributed by atoms with Crippen molar-refractivity contribution in [1.82, 2.24) is 0 Å². The average molecular weight is 314 g/mol. The van der Waals surface area contributed by atoms with Crippen molar-refractivity contribution in [2.45, 2.75) is 0 Å². The summed E-state index contributed by atoms with van der Waals surface area (Å²) in [5.74, 6) is 0. The van der Waals surface area contributed by atoms with E-state index >= 15 is 0 Å². The Bertz CT molecular complexity index is 278. The minimum Gasteiger partial charge on any atom is -0.293 e. The lowest BCUT2D eigenvalue weighted by atomic mass is 10.2. The predicted molar refractivity (Wildman–Crippen MR) is 67.2 cm³/mol. The Morgan fingerprint density at radius 3 is 2.67 bits per heavy atom. The molecule has 1 nitrogen and oxygen atoms in total. The molecule has 0 radical (unpaired) electrons. The van der Waals surface area contributed by atoms with Gasteiger partial charge < -0.3 is 0 Å². The maximum atomic E-state index is 7.48. The number of rotatable bonds is 1.